The second-order valence-corrected chi connectivity index (χ2v) is 7.68. The minimum Gasteiger partial charge on any atom is -0.354 e. The predicted molar refractivity (Wildman–Crippen MR) is 112 cm³/mol. The quantitative estimate of drug-likeness (QED) is 0.363. The number of aliphatic imine (C=N–C) groups is 1. The first-order valence-electron chi connectivity index (χ1n) is 8.56. The van der Waals surface area contributed by atoms with E-state index in [1.807, 2.05) is 0 Å². The zero-order valence-corrected chi connectivity index (χ0v) is 18.7. The van der Waals surface area contributed by atoms with Crippen molar-refractivity contribution in [1.29, 1.82) is 0 Å². The van der Waals surface area contributed by atoms with Crippen molar-refractivity contribution in [3.63, 3.8) is 0 Å². The molecule has 0 aromatic carbocycles. The number of amides is 2. The second kappa shape index (κ2) is 10.8. The highest BCUT2D eigenvalue weighted by atomic mass is 127. The first-order chi connectivity index (χ1) is 11.1. The van der Waals surface area contributed by atoms with Gasteiger partial charge in [0.05, 0.1) is 6.54 Å². The van der Waals surface area contributed by atoms with E-state index in [0.29, 0.717) is 17.4 Å². The molecule has 0 saturated heterocycles. The normalized spacial score (nSPS) is 17.3. The van der Waals surface area contributed by atoms with Crippen molar-refractivity contribution >= 4 is 41.8 Å². The van der Waals surface area contributed by atoms with Crippen molar-refractivity contribution < 1.29 is 9.59 Å². The maximum Gasteiger partial charge on any atom is 0.243 e. The Morgan fingerprint density at radius 2 is 1.56 bits per heavy atom. The highest BCUT2D eigenvalue weighted by molar-refractivity contribution is 14.0. The van der Waals surface area contributed by atoms with Gasteiger partial charge in [-0.05, 0) is 31.1 Å². The summed E-state index contributed by atoms with van der Waals surface area (Å²) in [6.45, 7) is 4.81. The van der Waals surface area contributed by atoms with Gasteiger partial charge in [0.2, 0.25) is 11.8 Å². The summed E-state index contributed by atoms with van der Waals surface area (Å²) in [5.74, 6) is 0.429. The number of rotatable bonds is 5. The monoisotopic (exact) mass is 467 g/mol. The summed E-state index contributed by atoms with van der Waals surface area (Å²) in [7, 11) is 6.84. The molecule has 0 aliphatic heterocycles. The van der Waals surface area contributed by atoms with E-state index in [2.05, 4.69) is 29.5 Å². The Morgan fingerprint density at radius 3 is 2.04 bits per heavy atom. The third-order valence-electron chi connectivity index (χ3n) is 4.46. The van der Waals surface area contributed by atoms with Crippen molar-refractivity contribution in [1.82, 2.24) is 20.4 Å². The van der Waals surface area contributed by atoms with Crippen LogP contribution in [0.3, 0.4) is 0 Å². The van der Waals surface area contributed by atoms with Crippen LogP contribution in [0, 0.1) is 5.41 Å². The molecule has 146 valence electrons. The molecular formula is C17H34IN5O2. The average Bonchev–Trinajstić information content (AvgIpc) is 2.50. The van der Waals surface area contributed by atoms with E-state index in [0.717, 1.165) is 25.7 Å². The molecule has 25 heavy (non-hydrogen) atoms. The number of nitrogens with one attached hydrogen (secondary N) is 2. The van der Waals surface area contributed by atoms with Gasteiger partial charge in [0.25, 0.3) is 0 Å². The SMILES string of the molecule is CN(C)C(=O)CN=C(NCC(=O)N(C)C)NC1CCC(C)(C)CC1.I. The van der Waals surface area contributed by atoms with Crippen molar-refractivity contribution in [2.75, 3.05) is 41.3 Å². The van der Waals surface area contributed by atoms with Gasteiger partial charge in [-0.3, -0.25) is 9.59 Å². The minimum absolute atomic E-state index is 0. The van der Waals surface area contributed by atoms with Crippen LogP contribution in [-0.2, 0) is 9.59 Å². The first-order valence-corrected chi connectivity index (χ1v) is 8.56. The van der Waals surface area contributed by atoms with E-state index in [1.54, 1.807) is 28.2 Å². The summed E-state index contributed by atoms with van der Waals surface area (Å²) in [4.78, 5) is 30.9. The number of carbonyl (C=O) groups excluding carboxylic acids is 2. The number of carbonyl (C=O) groups is 2. The highest BCUT2D eigenvalue weighted by Crippen LogP contribution is 2.34. The van der Waals surface area contributed by atoms with Crippen LogP contribution >= 0.6 is 24.0 Å². The number of guanidine groups is 1. The van der Waals surface area contributed by atoms with Crippen molar-refractivity contribution in [2.24, 2.45) is 10.4 Å². The predicted octanol–water partition coefficient (Wildman–Crippen LogP) is 1.28. The van der Waals surface area contributed by atoms with Crippen LogP contribution in [0.5, 0.6) is 0 Å². The van der Waals surface area contributed by atoms with Crippen LogP contribution in [0.15, 0.2) is 4.99 Å². The maximum atomic E-state index is 11.8. The molecule has 0 spiro atoms. The molecule has 0 bridgehead atoms. The lowest BCUT2D eigenvalue weighted by atomic mass is 9.75. The Balaban J connectivity index is 0.00000576. The van der Waals surface area contributed by atoms with Crippen LogP contribution < -0.4 is 10.6 Å². The number of hydrogen-bond acceptors (Lipinski definition) is 3. The summed E-state index contributed by atoms with van der Waals surface area (Å²) in [6.07, 6.45) is 4.45. The van der Waals surface area contributed by atoms with Gasteiger partial charge in [-0.1, -0.05) is 13.8 Å². The average molecular weight is 467 g/mol. The summed E-state index contributed by atoms with van der Waals surface area (Å²) in [5.41, 5.74) is 0.394. The fourth-order valence-corrected chi connectivity index (χ4v) is 2.50. The summed E-state index contributed by atoms with van der Waals surface area (Å²) < 4.78 is 0. The van der Waals surface area contributed by atoms with Crippen LogP contribution in [-0.4, -0.2) is 74.9 Å². The number of halogens is 1. The number of nitrogens with zero attached hydrogens (tertiary/aromatic N) is 3. The van der Waals surface area contributed by atoms with Gasteiger partial charge in [0.15, 0.2) is 5.96 Å². The molecule has 0 aromatic heterocycles. The molecule has 2 N–H and O–H groups in total. The van der Waals surface area contributed by atoms with Gasteiger partial charge in [0.1, 0.15) is 6.54 Å². The molecule has 0 radical (unpaired) electrons. The Kier molecular flexibility index (Phi) is 10.4. The zero-order valence-electron chi connectivity index (χ0n) is 16.4. The van der Waals surface area contributed by atoms with Crippen LogP contribution in [0.2, 0.25) is 0 Å². The van der Waals surface area contributed by atoms with Gasteiger partial charge >= 0.3 is 0 Å². The molecule has 0 atom stereocenters. The third kappa shape index (κ3) is 9.27. The van der Waals surface area contributed by atoms with Gasteiger partial charge in [-0.2, -0.15) is 0 Å². The van der Waals surface area contributed by atoms with E-state index >= 15 is 0 Å². The largest absolute Gasteiger partial charge is 0.354 e. The molecule has 1 aliphatic rings. The third-order valence-corrected chi connectivity index (χ3v) is 4.46. The van der Waals surface area contributed by atoms with E-state index < -0.39 is 0 Å². The maximum absolute atomic E-state index is 11.8. The van der Waals surface area contributed by atoms with E-state index in [4.69, 9.17) is 0 Å². The summed E-state index contributed by atoms with van der Waals surface area (Å²) in [6, 6.07) is 0.327. The van der Waals surface area contributed by atoms with Crippen molar-refractivity contribution in [3.05, 3.63) is 0 Å². The molecule has 1 fully saturated rings. The second-order valence-electron chi connectivity index (χ2n) is 7.68. The molecule has 7 nitrogen and oxygen atoms in total. The molecule has 8 heteroatoms. The zero-order chi connectivity index (χ0) is 18.3. The molecule has 1 saturated carbocycles. The molecule has 0 aromatic rings. The molecule has 0 unspecified atom stereocenters. The Hall–Kier alpha value is -1.06. The molecule has 2 amide bonds. The standard InChI is InChI=1S/C17H33N5O2.HI/c1-17(2)9-7-13(8-10-17)20-16(18-11-14(23)21(3)4)19-12-15(24)22(5)6;/h13H,7-12H2,1-6H3,(H2,18,19,20);1H. The Bertz CT molecular complexity index is 468. The van der Waals surface area contributed by atoms with Gasteiger partial charge in [0, 0.05) is 34.2 Å². The topological polar surface area (TPSA) is 77.0 Å². The summed E-state index contributed by atoms with van der Waals surface area (Å²) >= 11 is 0. The first kappa shape index (κ1) is 23.9. The molecular weight excluding hydrogens is 433 g/mol. The highest BCUT2D eigenvalue weighted by Gasteiger charge is 2.27. The lowest BCUT2D eigenvalue weighted by molar-refractivity contribution is -0.127. The van der Waals surface area contributed by atoms with Crippen LogP contribution in [0.4, 0.5) is 0 Å². The Labute approximate surface area is 169 Å². The van der Waals surface area contributed by atoms with Gasteiger partial charge in [-0.25, -0.2) is 4.99 Å². The van der Waals surface area contributed by atoms with Gasteiger partial charge in [-0.15, -0.1) is 24.0 Å². The lowest BCUT2D eigenvalue weighted by Gasteiger charge is -2.35. The van der Waals surface area contributed by atoms with Gasteiger partial charge < -0.3 is 20.4 Å². The minimum atomic E-state index is -0.0696. The van der Waals surface area contributed by atoms with E-state index in [-0.39, 0.29) is 48.9 Å². The van der Waals surface area contributed by atoms with Crippen molar-refractivity contribution in [2.45, 2.75) is 45.6 Å². The fraction of sp³-hybridized carbons (Fsp3) is 0.824. The smallest absolute Gasteiger partial charge is 0.243 e. The lowest BCUT2D eigenvalue weighted by Crippen LogP contribution is -2.48. The number of hydrogen-bond donors (Lipinski definition) is 2. The van der Waals surface area contributed by atoms with Crippen molar-refractivity contribution in [3.8, 4) is 0 Å². The molecule has 1 rings (SSSR count). The van der Waals surface area contributed by atoms with Crippen LogP contribution in [0.25, 0.3) is 0 Å². The molecule has 1 aliphatic carbocycles. The molecule has 0 heterocycles. The fourth-order valence-electron chi connectivity index (χ4n) is 2.50. The summed E-state index contributed by atoms with van der Waals surface area (Å²) in [5, 5.41) is 6.42. The van der Waals surface area contributed by atoms with E-state index in [9.17, 15) is 9.59 Å². The number of likely N-dealkylation sites (N-methyl/N-ethyl adjacent to an activating group) is 2. The van der Waals surface area contributed by atoms with E-state index in [1.165, 1.54) is 9.80 Å². The Morgan fingerprint density at radius 1 is 1.04 bits per heavy atom. The van der Waals surface area contributed by atoms with Crippen LogP contribution in [0.1, 0.15) is 39.5 Å².